The van der Waals surface area contributed by atoms with Crippen LogP contribution in [0, 0.1) is 0 Å². The maximum absolute atomic E-state index is 11.5. The fourth-order valence-electron chi connectivity index (χ4n) is 2.25. The molecule has 2 amide bonds. The van der Waals surface area contributed by atoms with Gasteiger partial charge in [0.25, 0.3) is 11.1 Å². The van der Waals surface area contributed by atoms with E-state index in [9.17, 15) is 14.4 Å². The first-order valence-electron chi connectivity index (χ1n) is 7.95. The van der Waals surface area contributed by atoms with Crippen molar-refractivity contribution in [3.8, 4) is 11.5 Å². The lowest BCUT2D eigenvalue weighted by molar-refractivity contribution is -0.115. The number of nitrogens with one attached hydrogen (secondary N) is 1. The molecule has 1 fully saturated rings. The molecule has 0 aliphatic carbocycles. The van der Waals surface area contributed by atoms with Gasteiger partial charge in [0.2, 0.25) is 0 Å². The molecule has 1 heterocycles. The van der Waals surface area contributed by atoms with Crippen molar-refractivity contribution in [1.82, 2.24) is 5.32 Å². The predicted octanol–water partition coefficient (Wildman–Crippen LogP) is 3.17. The van der Waals surface area contributed by atoms with Gasteiger partial charge >= 0.3 is 5.97 Å². The number of hydrogen-bond donors (Lipinski definition) is 2. The topological polar surface area (TPSA) is 102 Å². The number of benzene rings is 2. The molecule has 1 aliphatic rings. The molecule has 0 bridgehead atoms. The SMILES string of the molecule is O=C1NC(=O)/C(=C/c2ccc(OCCOc3ccc(C(=O)O)cc3)cc2)S1. The molecule has 0 spiro atoms. The number of rotatable bonds is 7. The van der Waals surface area contributed by atoms with E-state index in [0.717, 1.165) is 17.3 Å². The summed E-state index contributed by atoms with van der Waals surface area (Å²) in [7, 11) is 0. The number of aromatic carboxylic acids is 1. The van der Waals surface area contributed by atoms with Gasteiger partial charge in [-0.15, -0.1) is 0 Å². The van der Waals surface area contributed by atoms with Gasteiger partial charge in [-0.25, -0.2) is 4.79 Å². The van der Waals surface area contributed by atoms with Gasteiger partial charge in [-0.1, -0.05) is 12.1 Å². The first-order valence-corrected chi connectivity index (χ1v) is 8.77. The Bertz CT molecular complexity index is 889. The second kappa shape index (κ2) is 8.41. The van der Waals surface area contributed by atoms with E-state index in [4.69, 9.17) is 14.6 Å². The van der Waals surface area contributed by atoms with Gasteiger partial charge in [0.15, 0.2) is 0 Å². The number of carboxylic acids is 1. The van der Waals surface area contributed by atoms with Crippen LogP contribution in [0.25, 0.3) is 6.08 Å². The minimum atomic E-state index is -0.984. The zero-order valence-electron chi connectivity index (χ0n) is 14.0. The van der Waals surface area contributed by atoms with Gasteiger partial charge in [-0.2, -0.15) is 0 Å². The predicted molar refractivity (Wildman–Crippen MR) is 99.9 cm³/mol. The summed E-state index contributed by atoms with van der Waals surface area (Å²) < 4.78 is 11.1. The van der Waals surface area contributed by atoms with Crippen molar-refractivity contribution >= 4 is 35.0 Å². The van der Waals surface area contributed by atoms with E-state index in [1.165, 1.54) is 12.1 Å². The van der Waals surface area contributed by atoms with Crippen molar-refractivity contribution in [2.45, 2.75) is 0 Å². The summed E-state index contributed by atoms with van der Waals surface area (Å²) in [5.74, 6) is -0.171. The molecule has 138 valence electrons. The van der Waals surface area contributed by atoms with E-state index in [0.29, 0.717) is 29.6 Å². The highest BCUT2D eigenvalue weighted by Gasteiger charge is 2.24. The van der Waals surface area contributed by atoms with Crippen molar-refractivity contribution in [3.05, 3.63) is 64.6 Å². The Kier molecular flexibility index (Phi) is 5.77. The van der Waals surface area contributed by atoms with Crippen LogP contribution in [0.3, 0.4) is 0 Å². The van der Waals surface area contributed by atoms with Crippen LogP contribution in [0.4, 0.5) is 4.79 Å². The van der Waals surface area contributed by atoms with E-state index in [-0.39, 0.29) is 16.7 Å². The van der Waals surface area contributed by atoms with E-state index >= 15 is 0 Å². The van der Waals surface area contributed by atoms with E-state index in [2.05, 4.69) is 5.32 Å². The molecule has 2 aromatic rings. The summed E-state index contributed by atoms with van der Waals surface area (Å²) in [4.78, 5) is 33.8. The van der Waals surface area contributed by atoms with Gasteiger partial charge < -0.3 is 14.6 Å². The van der Waals surface area contributed by atoms with Gasteiger partial charge in [-0.3, -0.25) is 14.9 Å². The lowest BCUT2D eigenvalue weighted by Crippen LogP contribution is -2.17. The highest BCUT2D eigenvalue weighted by molar-refractivity contribution is 8.18. The third-order valence-electron chi connectivity index (χ3n) is 3.54. The quantitative estimate of drug-likeness (QED) is 0.557. The summed E-state index contributed by atoms with van der Waals surface area (Å²) in [6.45, 7) is 0.616. The number of carbonyl (C=O) groups excluding carboxylic acids is 2. The van der Waals surface area contributed by atoms with Gasteiger partial charge in [-0.05, 0) is 59.8 Å². The molecular weight excluding hydrogens is 370 g/mol. The number of imide groups is 1. The molecule has 0 radical (unpaired) electrons. The van der Waals surface area contributed by atoms with E-state index < -0.39 is 5.97 Å². The Morgan fingerprint density at radius 1 is 0.963 bits per heavy atom. The summed E-state index contributed by atoms with van der Waals surface area (Å²) >= 11 is 0.871. The fraction of sp³-hybridized carbons (Fsp3) is 0.105. The zero-order chi connectivity index (χ0) is 19.2. The first-order chi connectivity index (χ1) is 13.0. The number of amides is 2. The summed E-state index contributed by atoms with van der Waals surface area (Å²) in [6, 6.07) is 13.2. The molecule has 3 rings (SSSR count). The monoisotopic (exact) mass is 385 g/mol. The maximum Gasteiger partial charge on any atom is 0.335 e. The maximum atomic E-state index is 11.5. The molecule has 0 atom stereocenters. The zero-order valence-corrected chi connectivity index (χ0v) is 14.8. The van der Waals surface area contributed by atoms with Gasteiger partial charge in [0, 0.05) is 0 Å². The molecule has 0 saturated carbocycles. The minimum Gasteiger partial charge on any atom is -0.490 e. The Morgan fingerprint density at radius 3 is 2.00 bits per heavy atom. The summed E-state index contributed by atoms with van der Waals surface area (Å²) in [5.41, 5.74) is 0.982. The normalized spacial score (nSPS) is 14.9. The highest BCUT2D eigenvalue weighted by Crippen LogP contribution is 2.26. The van der Waals surface area contributed by atoms with Crippen LogP contribution in [0.15, 0.2) is 53.4 Å². The Balaban J connectivity index is 1.46. The van der Waals surface area contributed by atoms with Crippen LogP contribution in [0.1, 0.15) is 15.9 Å². The lowest BCUT2D eigenvalue weighted by Gasteiger charge is -2.09. The Labute approximate surface area is 159 Å². The van der Waals surface area contributed by atoms with E-state index in [1.807, 2.05) is 0 Å². The molecule has 2 aromatic carbocycles. The average Bonchev–Trinajstić information content (AvgIpc) is 2.97. The first kappa shape index (κ1) is 18.5. The number of ether oxygens (including phenoxy) is 2. The van der Waals surface area contributed by atoms with Crippen molar-refractivity contribution in [1.29, 1.82) is 0 Å². The van der Waals surface area contributed by atoms with Crippen molar-refractivity contribution in [2.75, 3.05) is 13.2 Å². The Morgan fingerprint density at radius 2 is 1.52 bits per heavy atom. The van der Waals surface area contributed by atoms with Gasteiger partial charge in [0.1, 0.15) is 24.7 Å². The number of hydrogen-bond acceptors (Lipinski definition) is 6. The summed E-state index contributed by atoms with van der Waals surface area (Å²) in [6.07, 6.45) is 1.64. The molecule has 2 N–H and O–H groups in total. The molecule has 1 aliphatic heterocycles. The molecule has 0 unspecified atom stereocenters. The van der Waals surface area contributed by atoms with E-state index in [1.54, 1.807) is 42.5 Å². The van der Waals surface area contributed by atoms with Crippen molar-refractivity contribution in [3.63, 3.8) is 0 Å². The smallest absolute Gasteiger partial charge is 0.335 e. The van der Waals surface area contributed by atoms with Crippen molar-refractivity contribution < 1.29 is 29.0 Å². The molecule has 8 heteroatoms. The molecule has 0 aromatic heterocycles. The molecule has 7 nitrogen and oxygen atoms in total. The van der Waals surface area contributed by atoms with Crippen LogP contribution in [-0.2, 0) is 4.79 Å². The molecule has 1 saturated heterocycles. The second-order valence-electron chi connectivity index (χ2n) is 5.45. The molecule has 27 heavy (non-hydrogen) atoms. The van der Waals surface area contributed by atoms with Crippen LogP contribution in [0.5, 0.6) is 11.5 Å². The van der Waals surface area contributed by atoms with Crippen LogP contribution < -0.4 is 14.8 Å². The summed E-state index contributed by atoms with van der Waals surface area (Å²) in [5, 5.41) is 10.7. The number of carbonyl (C=O) groups is 3. The standard InChI is InChI=1S/C19H15NO6S/c21-17-16(27-19(24)20-17)11-12-1-5-14(6-2-12)25-9-10-26-15-7-3-13(4-8-15)18(22)23/h1-8,11H,9-10H2,(H,22,23)(H,20,21,24)/b16-11-. The largest absolute Gasteiger partial charge is 0.490 e. The second-order valence-corrected chi connectivity index (χ2v) is 6.46. The van der Waals surface area contributed by atoms with Crippen molar-refractivity contribution in [2.24, 2.45) is 0 Å². The highest BCUT2D eigenvalue weighted by atomic mass is 32.2. The Hall–Kier alpha value is -3.26. The third-order valence-corrected chi connectivity index (χ3v) is 4.35. The third kappa shape index (κ3) is 5.11. The van der Waals surface area contributed by atoms with Gasteiger partial charge in [0.05, 0.1) is 10.5 Å². The minimum absolute atomic E-state index is 0.200. The van der Waals surface area contributed by atoms with Crippen LogP contribution in [-0.4, -0.2) is 35.4 Å². The number of carboxylic acid groups (broad SMARTS) is 1. The molecular formula is C19H15NO6S. The lowest BCUT2D eigenvalue weighted by atomic mass is 10.2. The fourth-order valence-corrected chi connectivity index (χ4v) is 2.93. The average molecular weight is 385 g/mol. The number of thioether (sulfide) groups is 1. The van der Waals surface area contributed by atoms with Crippen LogP contribution >= 0.6 is 11.8 Å². The van der Waals surface area contributed by atoms with Crippen LogP contribution in [0.2, 0.25) is 0 Å².